The molecule has 152 valence electrons. The van der Waals surface area contributed by atoms with E-state index in [1.54, 1.807) is 24.3 Å². The van der Waals surface area contributed by atoms with E-state index in [1.807, 2.05) is 0 Å². The lowest BCUT2D eigenvalue weighted by molar-refractivity contribution is 0.0682. The van der Waals surface area contributed by atoms with E-state index in [9.17, 15) is 19.2 Å². The van der Waals surface area contributed by atoms with Crippen molar-refractivity contribution in [1.82, 2.24) is 16.0 Å². The van der Waals surface area contributed by atoms with E-state index in [2.05, 4.69) is 16.0 Å². The number of amides is 2. The standard InChI is InChI=1S/C20H21N3O6/c24-17(13-5-1-3-7-15(13)19(26)27)22-11-9-21-10-12-23-18(25)14-6-2-4-8-16(14)20(28)29/h1-8,21H,9-12H2,(H,22,24)(H,23,25)(H,26,27)(H,28,29). The number of hydrogen-bond donors (Lipinski definition) is 5. The van der Waals surface area contributed by atoms with E-state index < -0.39 is 23.8 Å². The predicted molar refractivity (Wildman–Crippen MR) is 104 cm³/mol. The summed E-state index contributed by atoms with van der Waals surface area (Å²) in [5, 5.41) is 26.5. The van der Waals surface area contributed by atoms with Gasteiger partial charge in [0.1, 0.15) is 0 Å². The van der Waals surface area contributed by atoms with Crippen molar-refractivity contribution in [3.63, 3.8) is 0 Å². The second-order valence-corrected chi connectivity index (χ2v) is 5.96. The third-order valence-electron chi connectivity index (χ3n) is 3.98. The smallest absolute Gasteiger partial charge is 0.336 e. The van der Waals surface area contributed by atoms with Crippen molar-refractivity contribution in [3.05, 3.63) is 70.8 Å². The maximum absolute atomic E-state index is 12.1. The van der Waals surface area contributed by atoms with Crippen LogP contribution < -0.4 is 16.0 Å². The molecule has 0 fully saturated rings. The summed E-state index contributed by atoms with van der Waals surface area (Å²) in [4.78, 5) is 46.4. The number of carbonyl (C=O) groups excluding carboxylic acids is 2. The normalized spacial score (nSPS) is 10.2. The van der Waals surface area contributed by atoms with Gasteiger partial charge >= 0.3 is 11.9 Å². The van der Waals surface area contributed by atoms with Crippen molar-refractivity contribution in [3.8, 4) is 0 Å². The van der Waals surface area contributed by atoms with E-state index >= 15 is 0 Å². The lowest BCUT2D eigenvalue weighted by atomic mass is 10.1. The SMILES string of the molecule is O=C(O)c1ccccc1C(=O)NCCNCCNC(=O)c1ccccc1C(=O)O. The molecule has 0 saturated heterocycles. The quantitative estimate of drug-likeness (QED) is 0.372. The Kier molecular flexibility index (Phi) is 7.87. The largest absolute Gasteiger partial charge is 0.478 e. The van der Waals surface area contributed by atoms with Gasteiger partial charge in [-0.1, -0.05) is 24.3 Å². The molecule has 0 aliphatic rings. The van der Waals surface area contributed by atoms with Crippen LogP contribution in [-0.2, 0) is 0 Å². The van der Waals surface area contributed by atoms with Crippen LogP contribution in [0.4, 0.5) is 0 Å². The fourth-order valence-corrected chi connectivity index (χ4v) is 2.58. The van der Waals surface area contributed by atoms with E-state index in [0.29, 0.717) is 13.1 Å². The van der Waals surface area contributed by atoms with Crippen molar-refractivity contribution < 1.29 is 29.4 Å². The van der Waals surface area contributed by atoms with Gasteiger partial charge in [0.15, 0.2) is 0 Å². The molecule has 0 bridgehead atoms. The summed E-state index contributed by atoms with van der Waals surface area (Å²) >= 11 is 0. The van der Waals surface area contributed by atoms with Crippen molar-refractivity contribution in [2.24, 2.45) is 0 Å². The maximum atomic E-state index is 12.1. The first-order valence-corrected chi connectivity index (χ1v) is 8.83. The Morgan fingerprint density at radius 2 is 0.931 bits per heavy atom. The van der Waals surface area contributed by atoms with Gasteiger partial charge < -0.3 is 26.2 Å². The molecule has 2 amide bonds. The average Bonchev–Trinajstić information content (AvgIpc) is 2.72. The molecule has 2 aromatic carbocycles. The monoisotopic (exact) mass is 399 g/mol. The van der Waals surface area contributed by atoms with Gasteiger partial charge in [0.05, 0.1) is 22.3 Å². The molecule has 0 aliphatic heterocycles. The van der Waals surface area contributed by atoms with Gasteiger partial charge in [-0.3, -0.25) is 9.59 Å². The molecule has 5 N–H and O–H groups in total. The number of carbonyl (C=O) groups is 4. The highest BCUT2D eigenvalue weighted by Gasteiger charge is 2.16. The molecule has 2 aromatic rings. The van der Waals surface area contributed by atoms with Crippen LogP contribution in [0.2, 0.25) is 0 Å². The number of benzene rings is 2. The topological polar surface area (TPSA) is 145 Å². The minimum absolute atomic E-state index is 0.0673. The van der Waals surface area contributed by atoms with E-state index in [1.165, 1.54) is 24.3 Å². The Hall–Kier alpha value is -3.72. The van der Waals surface area contributed by atoms with Gasteiger partial charge in [0.25, 0.3) is 11.8 Å². The van der Waals surface area contributed by atoms with Crippen molar-refractivity contribution in [1.29, 1.82) is 0 Å². The number of rotatable bonds is 10. The van der Waals surface area contributed by atoms with Crippen molar-refractivity contribution >= 4 is 23.8 Å². The van der Waals surface area contributed by atoms with Crippen LogP contribution in [-0.4, -0.2) is 60.1 Å². The van der Waals surface area contributed by atoms with Crippen LogP contribution in [0.25, 0.3) is 0 Å². The van der Waals surface area contributed by atoms with Crippen LogP contribution in [0, 0.1) is 0 Å². The van der Waals surface area contributed by atoms with Crippen LogP contribution in [0.15, 0.2) is 48.5 Å². The zero-order valence-corrected chi connectivity index (χ0v) is 15.5. The molecule has 0 saturated carbocycles. The highest BCUT2D eigenvalue weighted by atomic mass is 16.4. The molecule has 0 heterocycles. The first-order valence-electron chi connectivity index (χ1n) is 8.83. The Balaban J connectivity index is 1.69. The van der Waals surface area contributed by atoms with Gasteiger partial charge in [-0.05, 0) is 24.3 Å². The summed E-state index contributed by atoms with van der Waals surface area (Å²) in [5.74, 6) is -3.31. The summed E-state index contributed by atoms with van der Waals surface area (Å²) in [6, 6.07) is 11.9. The third kappa shape index (κ3) is 6.15. The highest BCUT2D eigenvalue weighted by Crippen LogP contribution is 2.09. The fourth-order valence-electron chi connectivity index (χ4n) is 2.58. The molecule has 0 unspecified atom stereocenters. The van der Waals surface area contributed by atoms with Crippen LogP contribution >= 0.6 is 0 Å². The number of carboxylic acid groups (broad SMARTS) is 2. The molecule has 0 radical (unpaired) electrons. The minimum Gasteiger partial charge on any atom is -0.478 e. The molecule has 0 aliphatic carbocycles. The fraction of sp³-hybridized carbons (Fsp3) is 0.200. The highest BCUT2D eigenvalue weighted by molar-refractivity contribution is 6.05. The van der Waals surface area contributed by atoms with Gasteiger partial charge in [-0.25, -0.2) is 9.59 Å². The molecule has 9 heteroatoms. The second kappa shape index (κ2) is 10.6. The molecule has 9 nitrogen and oxygen atoms in total. The Bertz CT molecular complexity index is 839. The van der Waals surface area contributed by atoms with Gasteiger partial charge in [0, 0.05) is 26.2 Å². The molecule has 2 rings (SSSR count). The minimum atomic E-state index is -1.17. The second-order valence-electron chi connectivity index (χ2n) is 5.96. The Labute approximate surface area is 166 Å². The van der Waals surface area contributed by atoms with Gasteiger partial charge in [0.2, 0.25) is 0 Å². The first-order chi connectivity index (χ1) is 13.9. The summed E-state index contributed by atoms with van der Waals surface area (Å²) in [6.45, 7) is 1.34. The Morgan fingerprint density at radius 3 is 1.28 bits per heavy atom. The molecular weight excluding hydrogens is 378 g/mol. The molecule has 29 heavy (non-hydrogen) atoms. The van der Waals surface area contributed by atoms with Crippen molar-refractivity contribution in [2.45, 2.75) is 0 Å². The number of aromatic carboxylic acids is 2. The van der Waals surface area contributed by atoms with Crippen molar-refractivity contribution in [2.75, 3.05) is 26.2 Å². The molecular formula is C20H21N3O6. The van der Waals surface area contributed by atoms with Crippen LogP contribution in [0.3, 0.4) is 0 Å². The van der Waals surface area contributed by atoms with E-state index in [0.717, 1.165) is 0 Å². The van der Waals surface area contributed by atoms with Crippen LogP contribution in [0.1, 0.15) is 41.4 Å². The summed E-state index contributed by atoms with van der Waals surface area (Å²) in [6.07, 6.45) is 0. The lowest BCUT2D eigenvalue weighted by Crippen LogP contribution is -2.37. The summed E-state index contributed by atoms with van der Waals surface area (Å²) < 4.78 is 0. The van der Waals surface area contributed by atoms with E-state index in [4.69, 9.17) is 10.2 Å². The number of carboxylic acids is 2. The zero-order chi connectivity index (χ0) is 21.2. The first kappa shape index (κ1) is 21.6. The summed E-state index contributed by atoms with van der Waals surface area (Å²) in [7, 11) is 0. The van der Waals surface area contributed by atoms with Gasteiger partial charge in [-0.2, -0.15) is 0 Å². The van der Waals surface area contributed by atoms with E-state index in [-0.39, 0.29) is 35.3 Å². The zero-order valence-electron chi connectivity index (χ0n) is 15.5. The Morgan fingerprint density at radius 1 is 0.586 bits per heavy atom. The maximum Gasteiger partial charge on any atom is 0.336 e. The molecule has 0 spiro atoms. The third-order valence-corrected chi connectivity index (χ3v) is 3.98. The van der Waals surface area contributed by atoms with Crippen LogP contribution in [0.5, 0.6) is 0 Å². The number of nitrogens with one attached hydrogen (secondary N) is 3. The van der Waals surface area contributed by atoms with Gasteiger partial charge in [-0.15, -0.1) is 0 Å². The average molecular weight is 399 g/mol. The molecule has 0 aromatic heterocycles. The predicted octanol–water partition coefficient (Wildman–Crippen LogP) is 0.832. The number of hydrogen-bond acceptors (Lipinski definition) is 5. The summed E-state index contributed by atoms with van der Waals surface area (Å²) in [5.41, 5.74) is 0.0401. The molecule has 0 atom stereocenters. The lowest BCUT2D eigenvalue weighted by Gasteiger charge is -2.10.